The van der Waals surface area contributed by atoms with Crippen LogP contribution in [0.5, 0.6) is 0 Å². The normalized spacial score (nSPS) is 37.8. The lowest BCUT2D eigenvalue weighted by Gasteiger charge is -2.17. The van der Waals surface area contributed by atoms with Gasteiger partial charge in [0, 0.05) is 3.92 Å². The van der Waals surface area contributed by atoms with Crippen LogP contribution >= 0.6 is 22.6 Å². The highest BCUT2D eigenvalue weighted by Crippen LogP contribution is 2.24. The number of hydrogen-bond acceptors (Lipinski definition) is 0. The molecule has 0 bridgehead atoms. The molecule has 0 aromatic heterocycles. The summed E-state index contributed by atoms with van der Waals surface area (Å²) in [6.45, 7) is 2.28. The molecule has 0 spiro atoms. The van der Waals surface area contributed by atoms with Gasteiger partial charge in [0.05, 0.1) is 0 Å². The third-order valence-electron chi connectivity index (χ3n) is 1.62. The summed E-state index contributed by atoms with van der Waals surface area (Å²) in [5, 5.41) is 0. The van der Waals surface area contributed by atoms with E-state index < -0.39 is 0 Å². The minimum atomic E-state index is 0.810. The fourth-order valence-corrected chi connectivity index (χ4v) is 1.55. The molecule has 0 fully saturated rings. The Labute approximate surface area is 64.5 Å². The molecule has 0 nitrogen and oxygen atoms in total. The van der Waals surface area contributed by atoms with Crippen molar-refractivity contribution in [2.75, 3.05) is 0 Å². The van der Waals surface area contributed by atoms with Gasteiger partial charge in [0.25, 0.3) is 0 Å². The zero-order valence-electron chi connectivity index (χ0n) is 5.10. The predicted molar refractivity (Wildman–Crippen MR) is 45.3 cm³/mol. The summed E-state index contributed by atoms with van der Waals surface area (Å²) in [7, 11) is 0. The highest BCUT2D eigenvalue weighted by atomic mass is 127. The molecule has 0 radical (unpaired) electrons. The Kier molecular flexibility index (Phi) is 2.35. The highest BCUT2D eigenvalue weighted by Gasteiger charge is 2.12. The molecule has 0 aromatic carbocycles. The molecule has 1 rings (SSSR count). The van der Waals surface area contributed by atoms with E-state index in [-0.39, 0.29) is 0 Å². The lowest BCUT2D eigenvalue weighted by atomic mass is 9.98. The Balaban J connectivity index is 2.47. The van der Waals surface area contributed by atoms with Crippen LogP contribution in [0, 0.1) is 5.92 Å². The van der Waals surface area contributed by atoms with Crippen LogP contribution in [-0.4, -0.2) is 3.92 Å². The minimum absolute atomic E-state index is 0.810. The zero-order chi connectivity index (χ0) is 5.98. The van der Waals surface area contributed by atoms with Gasteiger partial charge in [-0.3, -0.25) is 0 Å². The van der Waals surface area contributed by atoms with Gasteiger partial charge in [-0.05, 0) is 18.8 Å². The van der Waals surface area contributed by atoms with Crippen molar-refractivity contribution < 1.29 is 0 Å². The van der Waals surface area contributed by atoms with Crippen LogP contribution in [-0.2, 0) is 0 Å². The summed E-state index contributed by atoms with van der Waals surface area (Å²) in [6, 6.07) is 0. The number of alkyl halides is 1. The highest BCUT2D eigenvalue weighted by molar-refractivity contribution is 14.1. The molecule has 0 aromatic rings. The van der Waals surface area contributed by atoms with Crippen molar-refractivity contribution >= 4 is 22.6 Å². The second-order valence-electron chi connectivity index (χ2n) is 2.38. The van der Waals surface area contributed by atoms with E-state index in [1.807, 2.05) is 0 Å². The van der Waals surface area contributed by atoms with E-state index in [9.17, 15) is 0 Å². The van der Waals surface area contributed by atoms with Gasteiger partial charge in [-0.2, -0.15) is 0 Å². The average molecular weight is 222 g/mol. The summed E-state index contributed by atoms with van der Waals surface area (Å²) in [6.07, 6.45) is 7.27. The summed E-state index contributed by atoms with van der Waals surface area (Å²) < 4.78 is 0.887. The van der Waals surface area contributed by atoms with Crippen LogP contribution in [0.25, 0.3) is 0 Å². The Morgan fingerprint density at radius 1 is 1.62 bits per heavy atom. The molecule has 0 amide bonds. The molecule has 1 aliphatic rings. The van der Waals surface area contributed by atoms with Crippen molar-refractivity contribution in [3.05, 3.63) is 12.2 Å². The van der Waals surface area contributed by atoms with Crippen molar-refractivity contribution in [1.29, 1.82) is 0 Å². The fourth-order valence-electron chi connectivity index (χ4n) is 0.950. The zero-order valence-corrected chi connectivity index (χ0v) is 7.26. The second-order valence-corrected chi connectivity index (χ2v) is 3.98. The molecule has 0 saturated heterocycles. The lowest BCUT2D eigenvalue weighted by molar-refractivity contribution is 0.622. The molecule has 0 aliphatic heterocycles. The number of rotatable bonds is 0. The quantitative estimate of drug-likeness (QED) is 0.336. The van der Waals surface area contributed by atoms with E-state index in [0.29, 0.717) is 0 Å². The summed E-state index contributed by atoms with van der Waals surface area (Å²) in [5.74, 6) is 0.810. The first kappa shape index (κ1) is 6.59. The summed E-state index contributed by atoms with van der Waals surface area (Å²) in [4.78, 5) is 0. The molecule has 46 valence electrons. The molecule has 0 heterocycles. The van der Waals surface area contributed by atoms with E-state index in [0.717, 1.165) is 9.84 Å². The topological polar surface area (TPSA) is 0 Å². The first-order valence-electron chi connectivity index (χ1n) is 3.11. The third kappa shape index (κ3) is 1.47. The summed E-state index contributed by atoms with van der Waals surface area (Å²) >= 11 is 2.53. The number of hydrogen-bond donors (Lipinski definition) is 0. The number of halogens is 1. The van der Waals surface area contributed by atoms with Gasteiger partial charge >= 0.3 is 0 Å². The number of allylic oxidation sites excluding steroid dienone is 2. The molecule has 0 saturated carbocycles. The van der Waals surface area contributed by atoms with Crippen LogP contribution < -0.4 is 0 Å². The largest absolute Gasteiger partial charge is 0.0882 e. The first-order chi connectivity index (χ1) is 3.80. The van der Waals surface area contributed by atoms with Crippen LogP contribution in [0.2, 0.25) is 0 Å². The van der Waals surface area contributed by atoms with Gasteiger partial charge in [0.15, 0.2) is 0 Å². The molecule has 8 heavy (non-hydrogen) atoms. The lowest BCUT2D eigenvalue weighted by Crippen LogP contribution is -2.10. The van der Waals surface area contributed by atoms with Crippen LogP contribution in [0.1, 0.15) is 19.8 Å². The van der Waals surface area contributed by atoms with Crippen molar-refractivity contribution in [2.45, 2.75) is 23.7 Å². The van der Waals surface area contributed by atoms with Crippen molar-refractivity contribution in [3.63, 3.8) is 0 Å². The SMILES string of the molecule is CC1C=CCCC1I. The third-order valence-corrected chi connectivity index (χ3v) is 3.38. The predicted octanol–water partition coefficient (Wildman–Crippen LogP) is 2.78. The maximum absolute atomic E-state index is 2.53. The van der Waals surface area contributed by atoms with Gasteiger partial charge in [-0.15, -0.1) is 0 Å². The minimum Gasteiger partial charge on any atom is -0.0882 e. The standard InChI is InChI=1S/C7H11I/c1-6-4-2-3-5-7(6)8/h2,4,6-7H,3,5H2,1H3. The van der Waals surface area contributed by atoms with Crippen molar-refractivity contribution in [1.82, 2.24) is 0 Å². The van der Waals surface area contributed by atoms with Crippen molar-refractivity contribution in [2.24, 2.45) is 5.92 Å². The van der Waals surface area contributed by atoms with Gasteiger partial charge in [0.1, 0.15) is 0 Å². The van der Waals surface area contributed by atoms with Crippen LogP contribution in [0.3, 0.4) is 0 Å². The van der Waals surface area contributed by atoms with Gasteiger partial charge in [0.2, 0.25) is 0 Å². The Hall–Kier alpha value is 0.470. The van der Waals surface area contributed by atoms with Crippen LogP contribution in [0.4, 0.5) is 0 Å². The van der Waals surface area contributed by atoms with Gasteiger partial charge < -0.3 is 0 Å². The average Bonchev–Trinajstić information content (AvgIpc) is 1.77. The molecule has 0 N–H and O–H groups in total. The molecule has 2 unspecified atom stereocenters. The van der Waals surface area contributed by atoms with E-state index in [4.69, 9.17) is 0 Å². The first-order valence-corrected chi connectivity index (χ1v) is 4.36. The molecular formula is C7H11I. The molecule has 1 aliphatic carbocycles. The molecule has 2 atom stereocenters. The van der Waals surface area contributed by atoms with Gasteiger partial charge in [-0.1, -0.05) is 41.7 Å². The Bertz CT molecular complexity index is 96.6. The van der Waals surface area contributed by atoms with Gasteiger partial charge in [-0.25, -0.2) is 0 Å². The van der Waals surface area contributed by atoms with Crippen LogP contribution in [0.15, 0.2) is 12.2 Å². The fraction of sp³-hybridized carbons (Fsp3) is 0.714. The van der Waals surface area contributed by atoms with E-state index in [1.165, 1.54) is 12.8 Å². The van der Waals surface area contributed by atoms with E-state index >= 15 is 0 Å². The summed E-state index contributed by atoms with van der Waals surface area (Å²) in [5.41, 5.74) is 0. The smallest absolute Gasteiger partial charge is 0.0173 e. The van der Waals surface area contributed by atoms with E-state index in [2.05, 4.69) is 41.7 Å². The molecular weight excluding hydrogens is 211 g/mol. The molecule has 1 heteroatoms. The Morgan fingerprint density at radius 3 is 2.75 bits per heavy atom. The Morgan fingerprint density at radius 2 is 2.38 bits per heavy atom. The van der Waals surface area contributed by atoms with Crippen molar-refractivity contribution in [3.8, 4) is 0 Å². The van der Waals surface area contributed by atoms with E-state index in [1.54, 1.807) is 0 Å². The monoisotopic (exact) mass is 222 g/mol. The second kappa shape index (κ2) is 2.85. The maximum Gasteiger partial charge on any atom is 0.0173 e. The maximum atomic E-state index is 2.53.